The molecule has 10 heavy (non-hydrogen) atoms. The maximum absolute atomic E-state index is 5.54. The number of ether oxygens (including phenoxy) is 2. The second-order valence-corrected chi connectivity index (χ2v) is 2.46. The number of rotatable bonds is 5. The SMILES string of the molecule is COC(CC[C@H](C)N)OC. The van der Waals surface area contributed by atoms with Crippen LogP contribution < -0.4 is 5.73 Å². The van der Waals surface area contributed by atoms with E-state index in [1.807, 2.05) is 6.92 Å². The van der Waals surface area contributed by atoms with E-state index < -0.39 is 0 Å². The molecule has 0 saturated heterocycles. The van der Waals surface area contributed by atoms with Gasteiger partial charge < -0.3 is 15.2 Å². The number of hydrogen-bond acceptors (Lipinski definition) is 3. The van der Waals surface area contributed by atoms with Gasteiger partial charge in [0.2, 0.25) is 0 Å². The van der Waals surface area contributed by atoms with Crippen molar-refractivity contribution in [2.24, 2.45) is 5.73 Å². The molecule has 3 heteroatoms. The van der Waals surface area contributed by atoms with Crippen LogP contribution in [-0.4, -0.2) is 26.6 Å². The predicted molar refractivity (Wildman–Crippen MR) is 40.7 cm³/mol. The highest BCUT2D eigenvalue weighted by atomic mass is 16.7. The molecule has 0 spiro atoms. The highest BCUT2D eigenvalue weighted by molar-refractivity contribution is 4.54. The summed E-state index contributed by atoms with van der Waals surface area (Å²) in [6.07, 6.45) is 1.71. The Balaban J connectivity index is 3.26. The van der Waals surface area contributed by atoms with Crippen LogP contribution in [0.15, 0.2) is 0 Å². The first-order valence-electron chi connectivity index (χ1n) is 3.52. The Bertz CT molecular complexity index is 72.0. The molecule has 0 aromatic carbocycles. The molecule has 0 unspecified atom stereocenters. The van der Waals surface area contributed by atoms with Gasteiger partial charge in [-0.25, -0.2) is 0 Å². The van der Waals surface area contributed by atoms with Gasteiger partial charge in [0.15, 0.2) is 6.29 Å². The molecule has 0 aliphatic rings. The van der Waals surface area contributed by atoms with Crippen molar-refractivity contribution in [2.75, 3.05) is 14.2 Å². The quantitative estimate of drug-likeness (QED) is 0.583. The molecule has 3 nitrogen and oxygen atoms in total. The summed E-state index contributed by atoms with van der Waals surface area (Å²) in [6.45, 7) is 1.97. The lowest BCUT2D eigenvalue weighted by Gasteiger charge is -2.13. The first-order valence-corrected chi connectivity index (χ1v) is 3.52. The van der Waals surface area contributed by atoms with E-state index in [2.05, 4.69) is 0 Å². The van der Waals surface area contributed by atoms with Crippen LogP contribution in [0.3, 0.4) is 0 Å². The topological polar surface area (TPSA) is 44.5 Å². The third-order valence-corrected chi connectivity index (χ3v) is 1.38. The summed E-state index contributed by atoms with van der Waals surface area (Å²) >= 11 is 0. The summed E-state index contributed by atoms with van der Waals surface area (Å²) in [6, 6.07) is 0.229. The van der Waals surface area contributed by atoms with Gasteiger partial charge >= 0.3 is 0 Å². The highest BCUT2D eigenvalue weighted by Gasteiger charge is 2.05. The van der Waals surface area contributed by atoms with Crippen LogP contribution in [0.1, 0.15) is 19.8 Å². The molecule has 0 radical (unpaired) electrons. The molecular formula is C7H17NO2. The summed E-state index contributed by atoms with van der Waals surface area (Å²) in [5.74, 6) is 0. The standard InChI is InChI=1S/C7H17NO2/c1-6(8)4-5-7(9-2)10-3/h6-7H,4-5,8H2,1-3H3/t6-/m0/s1. The van der Waals surface area contributed by atoms with E-state index in [0.29, 0.717) is 0 Å². The Hall–Kier alpha value is -0.120. The van der Waals surface area contributed by atoms with Crippen molar-refractivity contribution >= 4 is 0 Å². The van der Waals surface area contributed by atoms with Crippen molar-refractivity contribution in [2.45, 2.75) is 32.1 Å². The Kier molecular flexibility index (Phi) is 5.58. The van der Waals surface area contributed by atoms with Gasteiger partial charge in [0, 0.05) is 20.3 Å². The van der Waals surface area contributed by atoms with Crippen LogP contribution in [0.2, 0.25) is 0 Å². The van der Waals surface area contributed by atoms with Crippen molar-refractivity contribution in [3.63, 3.8) is 0 Å². The lowest BCUT2D eigenvalue weighted by atomic mass is 10.2. The van der Waals surface area contributed by atoms with Crippen molar-refractivity contribution in [3.05, 3.63) is 0 Å². The van der Waals surface area contributed by atoms with E-state index in [-0.39, 0.29) is 12.3 Å². The Morgan fingerprint density at radius 2 is 1.70 bits per heavy atom. The van der Waals surface area contributed by atoms with Crippen LogP contribution in [0, 0.1) is 0 Å². The highest BCUT2D eigenvalue weighted by Crippen LogP contribution is 2.02. The number of nitrogens with two attached hydrogens (primary N) is 1. The van der Waals surface area contributed by atoms with Crippen LogP contribution >= 0.6 is 0 Å². The molecule has 0 aromatic heterocycles. The zero-order chi connectivity index (χ0) is 7.98. The second-order valence-electron chi connectivity index (χ2n) is 2.46. The lowest BCUT2D eigenvalue weighted by Crippen LogP contribution is -2.20. The predicted octanol–water partition coefficient (Wildman–Crippen LogP) is 0.733. The van der Waals surface area contributed by atoms with Gasteiger partial charge in [0.25, 0.3) is 0 Å². The van der Waals surface area contributed by atoms with Crippen LogP contribution in [0.25, 0.3) is 0 Å². The minimum absolute atomic E-state index is 0.0917. The fraction of sp³-hybridized carbons (Fsp3) is 1.00. The van der Waals surface area contributed by atoms with Gasteiger partial charge in [-0.05, 0) is 19.8 Å². The molecule has 0 aliphatic heterocycles. The maximum atomic E-state index is 5.54. The lowest BCUT2D eigenvalue weighted by molar-refractivity contribution is -0.107. The van der Waals surface area contributed by atoms with Gasteiger partial charge in [0.05, 0.1) is 0 Å². The fourth-order valence-electron chi connectivity index (χ4n) is 0.731. The molecule has 0 fully saturated rings. The normalized spacial score (nSPS) is 14.1. The first-order chi connectivity index (χ1) is 4.70. The molecule has 0 bridgehead atoms. The molecule has 2 N–H and O–H groups in total. The molecule has 0 aliphatic carbocycles. The van der Waals surface area contributed by atoms with Crippen LogP contribution in [0.4, 0.5) is 0 Å². The average Bonchev–Trinajstić information content (AvgIpc) is 1.90. The number of methoxy groups -OCH3 is 2. The monoisotopic (exact) mass is 147 g/mol. The number of hydrogen-bond donors (Lipinski definition) is 1. The van der Waals surface area contributed by atoms with E-state index in [1.54, 1.807) is 14.2 Å². The fourth-order valence-corrected chi connectivity index (χ4v) is 0.731. The van der Waals surface area contributed by atoms with Crippen molar-refractivity contribution in [3.8, 4) is 0 Å². The van der Waals surface area contributed by atoms with E-state index in [0.717, 1.165) is 12.8 Å². The average molecular weight is 147 g/mol. The van der Waals surface area contributed by atoms with Crippen molar-refractivity contribution in [1.29, 1.82) is 0 Å². The zero-order valence-corrected chi connectivity index (χ0v) is 6.96. The summed E-state index contributed by atoms with van der Waals surface area (Å²) in [4.78, 5) is 0. The Morgan fingerprint density at radius 3 is 2.00 bits per heavy atom. The smallest absolute Gasteiger partial charge is 0.156 e. The summed E-state index contributed by atoms with van der Waals surface area (Å²) in [5, 5.41) is 0. The van der Waals surface area contributed by atoms with E-state index >= 15 is 0 Å². The largest absolute Gasteiger partial charge is 0.356 e. The third kappa shape index (κ3) is 4.73. The molecule has 0 heterocycles. The maximum Gasteiger partial charge on any atom is 0.156 e. The summed E-state index contributed by atoms with van der Waals surface area (Å²) in [5.41, 5.74) is 5.54. The second kappa shape index (κ2) is 5.65. The molecular weight excluding hydrogens is 130 g/mol. The van der Waals surface area contributed by atoms with Crippen molar-refractivity contribution in [1.82, 2.24) is 0 Å². The van der Waals surface area contributed by atoms with Gasteiger partial charge in [-0.15, -0.1) is 0 Å². The molecule has 0 aromatic rings. The Morgan fingerprint density at radius 1 is 1.20 bits per heavy atom. The van der Waals surface area contributed by atoms with Crippen molar-refractivity contribution < 1.29 is 9.47 Å². The van der Waals surface area contributed by atoms with Crippen LogP contribution in [0.5, 0.6) is 0 Å². The molecule has 0 rings (SSSR count). The molecule has 62 valence electrons. The van der Waals surface area contributed by atoms with E-state index in [1.165, 1.54) is 0 Å². The summed E-state index contributed by atoms with van der Waals surface area (Å²) in [7, 11) is 3.27. The molecule has 0 amide bonds. The van der Waals surface area contributed by atoms with Gasteiger partial charge in [-0.3, -0.25) is 0 Å². The summed E-state index contributed by atoms with van der Waals surface area (Å²) < 4.78 is 9.94. The van der Waals surface area contributed by atoms with E-state index in [4.69, 9.17) is 15.2 Å². The molecule has 1 atom stereocenters. The minimum atomic E-state index is -0.0917. The Labute approximate surface area is 62.5 Å². The van der Waals surface area contributed by atoms with Gasteiger partial charge in [-0.1, -0.05) is 0 Å². The zero-order valence-electron chi connectivity index (χ0n) is 6.96. The van der Waals surface area contributed by atoms with Crippen LogP contribution in [-0.2, 0) is 9.47 Å². The van der Waals surface area contributed by atoms with Gasteiger partial charge in [-0.2, -0.15) is 0 Å². The minimum Gasteiger partial charge on any atom is -0.356 e. The molecule has 0 saturated carbocycles. The van der Waals surface area contributed by atoms with E-state index in [9.17, 15) is 0 Å². The third-order valence-electron chi connectivity index (χ3n) is 1.38. The first kappa shape index (κ1) is 9.88. The van der Waals surface area contributed by atoms with Gasteiger partial charge in [0.1, 0.15) is 0 Å².